The molecule has 4 rings (SSSR count). The van der Waals surface area contributed by atoms with Crippen molar-refractivity contribution in [1.29, 1.82) is 0 Å². The highest BCUT2D eigenvalue weighted by Crippen LogP contribution is 2.30. The van der Waals surface area contributed by atoms with Crippen molar-refractivity contribution in [3.63, 3.8) is 0 Å². The topological polar surface area (TPSA) is 73.9 Å². The van der Waals surface area contributed by atoms with Gasteiger partial charge >= 0.3 is 6.18 Å². The summed E-state index contributed by atoms with van der Waals surface area (Å²) in [6.07, 6.45) is -1.59. The molecule has 2 N–H and O–H groups in total. The van der Waals surface area contributed by atoms with Crippen LogP contribution in [-0.2, 0) is 10.9 Å². The Balaban J connectivity index is 1.45. The van der Waals surface area contributed by atoms with Crippen LogP contribution in [0.2, 0.25) is 0 Å². The fourth-order valence-corrected chi connectivity index (χ4v) is 4.76. The van der Waals surface area contributed by atoms with E-state index in [4.69, 9.17) is 4.74 Å². The number of ether oxygens (including phenoxy) is 1. The van der Waals surface area contributed by atoms with E-state index >= 15 is 0 Å². The number of alkyl halides is 3. The van der Waals surface area contributed by atoms with Gasteiger partial charge in [0.1, 0.15) is 0 Å². The Morgan fingerprint density at radius 2 is 1.66 bits per heavy atom. The van der Waals surface area contributed by atoms with Crippen LogP contribution in [0, 0.1) is 5.92 Å². The number of benzene rings is 2. The molecule has 2 aromatic carbocycles. The van der Waals surface area contributed by atoms with E-state index < -0.39 is 17.6 Å². The molecule has 2 aromatic rings. The Labute approximate surface area is 221 Å². The average molecular weight is 533 g/mol. The standard InChI is InChI=1S/C28H35F3N4O3/c1-20-9-13-35(14-10-20)25-8-7-23(33-26(36)21-3-5-22(6-4-21)28(29,30)31)19-24(25)27(37)32-11-2-12-34-15-17-38-18-16-34/h3-8,19-20H,2,9-18H2,1H3,(H,32,37)(H,33,36). The molecule has 2 aliphatic rings. The fraction of sp³-hybridized carbons (Fsp3) is 0.500. The molecule has 2 aliphatic heterocycles. The first kappa shape index (κ1) is 27.9. The minimum absolute atomic E-state index is 0.0983. The first-order chi connectivity index (χ1) is 18.2. The normalized spacial score (nSPS) is 17.3. The minimum atomic E-state index is -4.47. The van der Waals surface area contributed by atoms with Gasteiger partial charge in [-0.2, -0.15) is 13.2 Å². The van der Waals surface area contributed by atoms with Gasteiger partial charge in [0.2, 0.25) is 0 Å². The SMILES string of the molecule is CC1CCN(c2ccc(NC(=O)c3ccc(C(F)(F)F)cc3)cc2C(=O)NCCCN2CCOCC2)CC1. The van der Waals surface area contributed by atoms with Crippen LogP contribution in [0.15, 0.2) is 42.5 Å². The summed E-state index contributed by atoms with van der Waals surface area (Å²) in [4.78, 5) is 30.5. The highest BCUT2D eigenvalue weighted by atomic mass is 19.4. The molecule has 0 aromatic heterocycles. The third-order valence-corrected chi connectivity index (χ3v) is 7.14. The number of piperidine rings is 1. The largest absolute Gasteiger partial charge is 0.416 e. The maximum absolute atomic E-state index is 13.3. The molecule has 2 fully saturated rings. The summed E-state index contributed by atoms with van der Waals surface area (Å²) in [5, 5.41) is 5.74. The van der Waals surface area contributed by atoms with Crippen molar-refractivity contribution in [1.82, 2.24) is 10.2 Å². The number of hydrogen-bond acceptors (Lipinski definition) is 5. The molecular formula is C28H35F3N4O3. The van der Waals surface area contributed by atoms with Crippen LogP contribution in [0.5, 0.6) is 0 Å². The van der Waals surface area contributed by atoms with Gasteiger partial charge in [0.25, 0.3) is 11.8 Å². The van der Waals surface area contributed by atoms with Crippen molar-refractivity contribution >= 4 is 23.2 Å². The number of amides is 2. The van der Waals surface area contributed by atoms with E-state index in [0.717, 1.165) is 95.2 Å². The molecule has 0 atom stereocenters. The van der Waals surface area contributed by atoms with E-state index in [1.165, 1.54) is 0 Å². The van der Waals surface area contributed by atoms with Crippen LogP contribution >= 0.6 is 0 Å². The first-order valence-electron chi connectivity index (χ1n) is 13.2. The van der Waals surface area contributed by atoms with Crippen LogP contribution in [0.4, 0.5) is 24.5 Å². The van der Waals surface area contributed by atoms with Crippen LogP contribution in [0.25, 0.3) is 0 Å². The number of hydrogen-bond donors (Lipinski definition) is 2. The number of rotatable bonds is 8. The van der Waals surface area contributed by atoms with E-state index in [-0.39, 0.29) is 11.5 Å². The van der Waals surface area contributed by atoms with E-state index in [0.29, 0.717) is 23.7 Å². The van der Waals surface area contributed by atoms with Crippen LogP contribution in [-0.4, -0.2) is 69.2 Å². The Bertz CT molecular complexity index is 1090. The minimum Gasteiger partial charge on any atom is -0.379 e. The Morgan fingerprint density at radius 3 is 2.32 bits per heavy atom. The van der Waals surface area contributed by atoms with Crippen LogP contribution < -0.4 is 15.5 Å². The molecule has 206 valence electrons. The molecule has 0 aliphatic carbocycles. The van der Waals surface area contributed by atoms with E-state index in [2.05, 4.69) is 27.4 Å². The lowest BCUT2D eigenvalue weighted by Gasteiger charge is -2.33. The van der Waals surface area contributed by atoms with Gasteiger partial charge in [-0.1, -0.05) is 6.92 Å². The lowest BCUT2D eigenvalue weighted by Crippen LogP contribution is -2.38. The zero-order valence-corrected chi connectivity index (χ0v) is 21.7. The number of carbonyl (C=O) groups is 2. The highest BCUT2D eigenvalue weighted by molar-refractivity contribution is 6.06. The van der Waals surface area contributed by atoms with Gasteiger partial charge < -0.3 is 20.3 Å². The number of morpholine rings is 1. The van der Waals surface area contributed by atoms with Crippen molar-refractivity contribution in [2.45, 2.75) is 32.4 Å². The van der Waals surface area contributed by atoms with Crippen molar-refractivity contribution in [2.24, 2.45) is 5.92 Å². The van der Waals surface area contributed by atoms with Gasteiger partial charge in [0.15, 0.2) is 0 Å². The lowest BCUT2D eigenvalue weighted by molar-refractivity contribution is -0.137. The molecule has 38 heavy (non-hydrogen) atoms. The van der Waals surface area contributed by atoms with Gasteiger partial charge in [-0.15, -0.1) is 0 Å². The van der Waals surface area contributed by atoms with Crippen molar-refractivity contribution in [2.75, 3.05) is 62.7 Å². The third kappa shape index (κ3) is 7.48. The molecule has 0 unspecified atom stereocenters. The second-order valence-corrected chi connectivity index (χ2v) is 9.99. The zero-order chi connectivity index (χ0) is 27.1. The smallest absolute Gasteiger partial charge is 0.379 e. The third-order valence-electron chi connectivity index (χ3n) is 7.14. The van der Waals surface area contributed by atoms with E-state index in [1.807, 2.05) is 6.07 Å². The maximum atomic E-state index is 13.3. The number of halogens is 3. The van der Waals surface area contributed by atoms with Gasteiger partial charge in [-0.3, -0.25) is 14.5 Å². The van der Waals surface area contributed by atoms with Gasteiger partial charge in [-0.25, -0.2) is 0 Å². The van der Waals surface area contributed by atoms with Crippen molar-refractivity contribution in [3.8, 4) is 0 Å². The molecule has 0 spiro atoms. The van der Waals surface area contributed by atoms with Crippen LogP contribution in [0.3, 0.4) is 0 Å². The predicted octanol–water partition coefficient (Wildman–Crippen LogP) is 4.65. The summed E-state index contributed by atoms with van der Waals surface area (Å²) in [7, 11) is 0. The Kier molecular flexibility index (Phi) is 9.27. The predicted molar refractivity (Wildman–Crippen MR) is 141 cm³/mol. The quantitative estimate of drug-likeness (QED) is 0.485. The molecule has 2 amide bonds. The van der Waals surface area contributed by atoms with Gasteiger partial charge in [0.05, 0.1) is 24.3 Å². The van der Waals surface area contributed by atoms with E-state index in [1.54, 1.807) is 12.1 Å². The summed E-state index contributed by atoms with van der Waals surface area (Å²) in [6.45, 7) is 8.56. The molecule has 2 saturated heterocycles. The van der Waals surface area contributed by atoms with Crippen molar-refractivity contribution in [3.05, 3.63) is 59.2 Å². The molecular weight excluding hydrogens is 497 g/mol. The molecule has 7 nitrogen and oxygen atoms in total. The summed E-state index contributed by atoms with van der Waals surface area (Å²) in [5.41, 5.74) is 0.969. The average Bonchev–Trinajstić information content (AvgIpc) is 2.91. The molecule has 2 heterocycles. The summed E-state index contributed by atoms with van der Waals surface area (Å²) >= 11 is 0. The van der Waals surface area contributed by atoms with E-state index in [9.17, 15) is 22.8 Å². The Morgan fingerprint density at radius 1 is 0.974 bits per heavy atom. The number of carbonyl (C=O) groups excluding carboxylic acids is 2. The van der Waals surface area contributed by atoms with Crippen LogP contribution in [0.1, 0.15) is 52.5 Å². The maximum Gasteiger partial charge on any atom is 0.416 e. The van der Waals surface area contributed by atoms with Gasteiger partial charge in [-0.05, 0) is 74.2 Å². The fourth-order valence-electron chi connectivity index (χ4n) is 4.76. The second kappa shape index (κ2) is 12.6. The molecule has 10 heteroatoms. The first-order valence-corrected chi connectivity index (χ1v) is 13.2. The van der Waals surface area contributed by atoms with Gasteiger partial charge in [0, 0.05) is 49.7 Å². The summed E-state index contributed by atoms with van der Waals surface area (Å²) in [5.74, 6) is -0.132. The highest BCUT2D eigenvalue weighted by Gasteiger charge is 2.30. The zero-order valence-electron chi connectivity index (χ0n) is 21.7. The number of anilines is 2. The summed E-state index contributed by atoms with van der Waals surface area (Å²) < 4.78 is 43.9. The summed E-state index contributed by atoms with van der Waals surface area (Å²) in [6, 6.07) is 9.25. The second-order valence-electron chi connectivity index (χ2n) is 9.99. The van der Waals surface area contributed by atoms with Crippen molar-refractivity contribution < 1.29 is 27.5 Å². The number of nitrogens with one attached hydrogen (secondary N) is 2. The Hall–Kier alpha value is -3.11. The molecule has 0 saturated carbocycles. The molecule has 0 radical (unpaired) electrons. The lowest BCUT2D eigenvalue weighted by atomic mass is 9.97. The molecule has 0 bridgehead atoms. The monoisotopic (exact) mass is 532 g/mol. The number of nitrogens with zero attached hydrogens (tertiary/aromatic N) is 2.